The Bertz CT molecular complexity index is 684. The minimum absolute atomic E-state index is 0.175. The Morgan fingerprint density at radius 1 is 1.05 bits per heavy atom. The maximum Gasteiger partial charge on any atom is 0.360 e. The Balaban J connectivity index is 2.40. The van der Waals surface area contributed by atoms with E-state index in [0.717, 1.165) is 5.56 Å². The van der Waals surface area contributed by atoms with Crippen molar-refractivity contribution in [1.29, 1.82) is 0 Å². The zero-order valence-corrected chi connectivity index (χ0v) is 12.0. The fraction of sp³-hybridized carbons (Fsp3) is 0.125. The van der Waals surface area contributed by atoms with E-state index in [9.17, 15) is 9.46 Å². The maximum atomic E-state index is 12.1. The third kappa shape index (κ3) is 3.59. The molecule has 0 bridgehead atoms. The molecule has 0 aromatic heterocycles. The summed E-state index contributed by atoms with van der Waals surface area (Å²) in [5, 5.41) is 0.241. The van der Waals surface area contributed by atoms with Gasteiger partial charge in [-0.25, -0.2) is 0 Å². The summed E-state index contributed by atoms with van der Waals surface area (Å²) in [6, 6.07) is 16.2. The molecule has 2 rings (SSSR count). The van der Waals surface area contributed by atoms with Gasteiger partial charge in [-0.15, -0.1) is 0 Å². The van der Waals surface area contributed by atoms with E-state index in [1.807, 2.05) is 30.3 Å². The Labute approximate surface area is 118 Å². The van der Waals surface area contributed by atoms with Gasteiger partial charge in [-0.2, -0.15) is 0 Å². The smallest absolute Gasteiger partial charge is 0.321 e. The molecular weight excluding hydrogens is 271 g/mol. The first-order valence-corrected chi connectivity index (χ1v) is 7.85. The molecule has 0 heterocycles. The van der Waals surface area contributed by atoms with Gasteiger partial charge in [0, 0.05) is 11.1 Å². The summed E-state index contributed by atoms with van der Waals surface area (Å²) in [6.07, 6.45) is 0. The van der Waals surface area contributed by atoms with Crippen molar-refractivity contribution in [2.75, 3.05) is 6.61 Å². The van der Waals surface area contributed by atoms with E-state index < -0.39 is 7.60 Å². The first kappa shape index (κ1) is 14.6. The normalized spacial score (nSPS) is 13.1. The van der Waals surface area contributed by atoms with Crippen molar-refractivity contribution < 1.29 is 14.0 Å². The summed E-state index contributed by atoms with van der Waals surface area (Å²) >= 11 is 0. The first-order valence-electron chi connectivity index (χ1n) is 6.27. The van der Waals surface area contributed by atoms with Crippen LogP contribution in [-0.4, -0.2) is 11.5 Å². The third-order valence-electron chi connectivity index (χ3n) is 2.63. The molecule has 3 nitrogen and oxygen atoms in total. The second kappa shape index (κ2) is 6.54. The molecule has 1 N–H and O–H groups in total. The maximum absolute atomic E-state index is 12.1. The molecule has 2 aromatic rings. The SMILES string of the molecule is CCOP(=O)(O)c1ccccc1C#Cc1ccccc1. The molecule has 1 unspecified atom stereocenters. The van der Waals surface area contributed by atoms with Crippen LogP contribution in [0.5, 0.6) is 0 Å². The highest BCUT2D eigenvalue weighted by molar-refractivity contribution is 7.61. The third-order valence-corrected chi connectivity index (χ3v) is 4.23. The second-order valence-electron chi connectivity index (χ2n) is 4.07. The summed E-state index contributed by atoms with van der Waals surface area (Å²) in [5.41, 5.74) is 1.36. The summed E-state index contributed by atoms with van der Waals surface area (Å²) in [6.45, 7) is 1.86. The largest absolute Gasteiger partial charge is 0.360 e. The van der Waals surface area contributed by atoms with Gasteiger partial charge in [0.05, 0.1) is 11.9 Å². The van der Waals surface area contributed by atoms with Crippen molar-refractivity contribution in [1.82, 2.24) is 0 Å². The van der Waals surface area contributed by atoms with Crippen molar-refractivity contribution in [2.24, 2.45) is 0 Å². The van der Waals surface area contributed by atoms with Crippen LogP contribution in [0.2, 0.25) is 0 Å². The number of benzene rings is 2. The van der Waals surface area contributed by atoms with Gasteiger partial charge in [-0.05, 0) is 31.2 Å². The van der Waals surface area contributed by atoms with Crippen molar-refractivity contribution >= 4 is 12.9 Å². The zero-order chi connectivity index (χ0) is 14.4. The lowest BCUT2D eigenvalue weighted by Gasteiger charge is -2.12. The Hall–Kier alpha value is -1.85. The molecule has 0 spiro atoms. The number of hydrogen-bond donors (Lipinski definition) is 1. The van der Waals surface area contributed by atoms with Crippen molar-refractivity contribution in [3.05, 3.63) is 65.7 Å². The van der Waals surface area contributed by atoms with Gasteiger partial charge < -0.3 is 9.42 Å². The molecule has 0 saturated heterocycles. The van der Waals surface area contributed by atoms with Crippen molar-refractivity contribution in [3.8, 4) is 11.8 Å². The highest BCUT2D eigenvalue weighted by Crippen LogP contribution is 2.41. The molecule has 0 saturated carbocycles. The van der Waals surface area contributed by atoms with Crippen molar-refractivity contribution in [2.45, 2.75) is 6.92 Å². The minimum atomic E-state index is -3.81. The molecule has 0 aliphatic carbocycles. The van der Waals surface area contributed by atoms with Crippen LogP contribution in [-0.2, 0) is 9.09 Å². The predicted molar refractivity (Wildman–Crippen MR) is 79.9 cm³/mol. The lowest BCUT2D eigenvalue weighted by molar-refractivity contribution is 0.284. The van der Waals surface area contributed by atoms with E-state index in [1.54, 1.807) is 31.2 Å². The minimum Gasteiger partial charge on any atom is -0.321 e. The van der Waals surface area contributed by atoms with Crippen LogP contribution >= 0.6 is 7.60 Å². The lowest BCUT2D eigenvalue weighted by atomic mass is 10.2. The second-order valence-corrected chi connectivity index (χ2v) is 5.85. The highest BCUT2D eigenvalue weighted by Gasteiger charge is 2.24. The number of rotatable bonds is 3. The van der Waals surface area contributed by atoms with Crippen LogP contribution < -0.4 is 5.30 Å². The summed E-state index contributed by atoms with van der Waals surface area (Å²) < 4.78 is 17.1. The average molecular weight is 286 g/mol. The van der Waals surface area contributed by atoms with Gasteiger partial charge in [0.15, 0.2) is 0 Å². The molecule has 0 fully saturated rings. The van der Waals surface area contributed by atoms with E-state index in [2.05, 4.69) is 11.8 Å². The van der Waals surface area contributed by atoms with Gasteiger partial charge in [0.2, 0.25) is 0 Å². The quantitative estimate of drug-likeness (QED) is 0.697. The van der Waals surface area contributed by atoms with E-state index in [4.69, 9.17) is 4.52 Å². The standard InChI is InChI=1S/C16H15O3P/c1-2-19-20(17,18)16-11-7-6-10-15(16)13-12-14-8-4-3-5-9-14/h3-11H,2H2,1H3,(H,17,18). The Morgan fingerprint density at radius 2 is 1.70 bits per heavy atom. The van der Waals surface area contributed by atoms with E-state index in [1.165, 1.54) is 0 Å². The van der Waals surface area contributed by atoms with Crippen LogP contribution in [0, 0.1) is 11.8 Å². The van der Waals surface area contributed by atoms with Gasteiger partial charge in [-0.3, -0.25) is 4.57 Å². The van der Waals surface area contributed by atoms with E-state index in [-0.39, 0.29) is 11.9 Å². The van der Waals surface area contributed by atoms with E-state index >= 15 is 0 Å². The summed E-state index contributed by atoms with van der Waals surface area (Å²) in [5.74, 6) is 5.91. The molecule has 2 aromatic carbocycles. The molecule has 0 amide bonds. The Kier molecular flexibility index (Phi) is 4.76. The first-order chi connectivity index (χ1) is 9.63. The van der Waals surface area contributed by atoms with Gasteiger partial charge in [-0.1, -0.05) is 42.2 Å². The fourth-order valence-corrected chi connectivity index (χ4v) is 2.93. The lowest BCUT2D eigenvalue weighted by Crippen LogP contribution is -2.11. The average Bonchev–Trinajstić information content (AvgIpc) is 2.46. The van der Waals surface area contributed by atoms with Crippen LogP contribution in [0.15, 0.2) is 54.6 Å². The van der Waals surface area contributed by atoms with E-state index in [0.29, 0.717) is 5.56 Å². The van der Waals surface area contributed by atoms with Crippen LogP contribution in [0.4, 0.5) is 0 Å². The summed E-state index contributed by atoms with van der Waals surface area (Å²) in [7, 11) is -3.81. The molecule has 0 aliphatic heterocycles. The van der Waals surface area contributed by atoms with Crippen LogP contribution in [0.3, 0.4) is 0 Å². The van der Waals surface area contributed by atoms with Crippen LogP contribution in [0.1, 0.15) is 18.1 Å². The summed E-state index contributed by atoms with van der Waals surface area (Å²) in [4.78, 5) is 9.93. The molecule has 0 aliphatic rings. The van der Waals surface area contributed by atoms with Gasteiger partial charge >= 0.3 is 7.60 Å². The molecule has 20 heavy (non-hydrogen) atoms. The highest BCUT2D eigenvalue weighted by atomic mass is 31.2. The Morgan fingerprint density at radius 3 is 2.40 bits per heavy atom. The molecule has 1 atom stereocenters. The monoisotopic (exact) mass is 286 g/mol. The van der Waals surface area contributed by atoms with Crippen molar-refractivity contribution in [3.63, 3.8) is 0 Å². The fourth-order valence-electron chi connectivity index (χ4n) is 1.73. The predicted octanol–water partition coefficient (Wildman–Crippen LogP) is 2.93. The van der Waals surface area contributed by atoms with Gasteiger partial charge in [0.1, 0.15) is 0 Å². The molecular formula is C16H15O3P. The van der Waals surface area contributed by atoms with Gasteiger partial charge in [0.25, 0.3) is 0 Å². The molecule has 0 radical (unpaired) electrons. The number of hydrogen-bond acceptors (Lipinski definition) is 2. The molecule has 102 valence electrons. The molecule has 4 heteroatoms. The van der Waals surface area contributed by atoms with Crippen LogP contribution in [0.25, 0.3) is 0 Å². The zero-order valence-electron chi connectivity index (χ0n) is 11.1. The topological polar surface area (TPSA) is 46.5 Å².